The molecule has 2 aliphatic carbocycles. The van der Waals surface area contributed by atoms with E-state index in [-0.39, 0.29) is 0 Å². The van der Waals surface area contributed by atoms with E-state index < -0.39 is 0 Å². The van der Waals surface area contributed by atoms with Crippen molar-refractivity contribution in [2.45, 2.75) is 32.2 Å². The maximum atomic E-state index is 4.59. The molecular formula is C16H25N3. The molecule has 104 valence electrons. The van der Waals surface area contributed by atoms with Gasteiger partial charge in [-0.1, -0.05) is 12.5 Å². The summed E-state index contributed by atoms with van der Waals surface area (Å²) < 4.78 is 0. The molecule has 2 saturated carbocycles. The highest BCUT2D eigenvalue weighted by atomic mass is 15.2. The first kappa shape index (κ1) is 12.9. The Morgan fingerprint density at radius 1 is 1.37 bits per heavy atom. The van der Waals surface area contributed by atoms with Crippen molar-refractivity contribution >= 4 is 5.82 Å². The lowest BCUT2D eigenvalue weighted by atomic mass is 9.88. The first-order valence-electron chi connectivity index (χ1n) is 7.57. The third-order valence-electron chi connectivity index (χ3n) is 4.99. The number of hydrogen-bond acceptors (Lipinski definition) is 3. The van der Waals surface area contributed by atoms with E-state index in [2.05, 4.69) is 28.3 Å². The first-order valence-corrected chi connectivity index (χ1v) is 7.57. The summed E-state index contributed by atoms with van der Waals surface area (Å²) in [6.07, 6.45) is 7.80. The van der Waals surface area contributed by atoms with Gasteiger partial charge in [0.25, 0.3) is 0 Å². The second-order valence-corrected chi connectivity index (χ2v) is 6.33. The molecule has 1 heterocycles. The van der Waals surface area contributed by atoms with Crippen molar-refractivity contribution in [3.63, 3.8) is 0 Å². The van der Waals surface area contributed by atoms with Gasteiger partial charge in [0.1, 0.15) is 5.82 Å². The van der Waals surface area contributed by atoms with Crippen LogP contribution in [0.4, 0.5) is 5.82 Å². The van der Waals surface area contributed by atoms with Gasteiger partial charge in [-0.25, -0.2) is 4.98 Å². The maximum absolute atomic E-state index is 4.59. The van der Waals surface area contributed by atoms with Crippen LogP contribution in [0.15, 0.2) is 18.3 Å². The Morgan fingerprint density at radius 3 is 2.95 bits per heavy atom. The summed E-state index contributed by atoms with van der Waals surface area (Å²) in [4.78, 5) is 6.96. The van der Waals surface area contributed by atoms with Gasteiger partial charge in [0.2, 0.25) is 0 Å². The van der Waals surface area contributed by atoms with Crippen LogP contribution in [0.1, 0.15) is 31.2 Å². The molecule has 2 fully saturated rings. The molecule has 2 aliphatic rings. The highest BCUT2D eigenvalue weighted by molar-refractivity contribution is 5.46. The summed E-state index contributed by atoms with van der Waals surface area (Å²) in [5, 5.41) is 3.23. The molecule has 2 bridgehead atoms. The van der Waals surface area contributed by atoms with Gasteiger partial charge < -0.3 is 10.2 Å². The van der Waals surface area contributed by atoms with Crippen molar-refractivity contribution in [1.29, 1.82) is 0 Å². The summed E-state index contributed by atoms with van der Waals surface area (Å²) in [7, 11) is 4.19. The second-order valence-electron chi connectivity index (χ2n) is 6.33. The predicted molar refractivity (Wildman–Crippen MR) is 79.2 cm³/mol. The molecule has 0 amide bonds. The average Bonchev–Trinajstić information content (AvgIpc) is 3.02. The Balaban J connectivity index is 1.68. The lowest BCUT2D eigenvalue weighted by Gasteiger charge is -2.29. The van der Waals surface area contributed by atoms with Gasteiger partial charge >= 0.3 is 0 Å². The van der Waals surface area contributed by atoms with Crippen molar-refractivity contribution < 1.29 is 0 Å². The van der Waals surface area contributed by atoms with Crippen LogP contribution < -0.4 is 10.2 Å². The molecule has 3 atom stereocenters. The quantitative estimate of drug-likeness (QED) is 0.881. The molecular weight excluding hydrogens is 234 g/mol. The van der Waals surface area contributed by atoms with Gasteiger partial charge in [-0.15, -0.1) is 0 Å². The fourth-order valence-electron chi connectivity index (χ4n) is 4.14. The minimum atomic E-state index is 0.893. The molecule has 1 aromatic heterocycles. The van der Waals surface area contributed by atoms with Crippen molar-refractivity contribution in [3.05, 3.63) is 23.9 Å². The van der Waals surface area contributed by atoms with Crippen LogP contribution in [0.5, 0.6) is 0 Å². The van der Waals surface area contributed by atoms with Crippen LogP contribution >= 0.6 is 0 Å². The van der Waals surface area contributed by atoms with E-state index >= 15 is 0 Å². The number of anilines is 1. The largest absolute Gasteiger partial charge is 0.359 e. The molecule has 0 aromatic carbocycles. The molecule has 0 saturated heterocycles. The average molecular weight is 259 g/mol. The SMILES string of the molecule is CNCc1cccnc1N(C)CC1CC2CCC1C2. The number of fused-ring (bicyclic) bond motifs is 2. The summed E-state index contributed by atoms with van der Waals surface area (Å²) in [5.41, 5.74) is 1.30. The maximum Gasteiger partial charge on any atom is 0.132 e. The normalized spacial score (nSPS) is 28.8. The zero-order chi connectivity index (χ0) is 13.2. The fourth-order valence-corrected chi connectivity index (χ4v) is 4.14. The molecule has 3 nitrogen and oxygen atoms in total. The lowest BCUT2D eigenvalue weighted by Crippen LogP contribution is -2.30. The summed E-state index contributed by atoms with van der Waals surface area (Å²) in [6, 6.07) is 4.21. The van der Waals surface area contributed by atoms with Crippen molar-refractivity contribution in [2.75, 3.05) is 25.5 Å². The molecule has 0 spiro atoms. The zero-order valence-electron chi connectivity index (χ0n) is 12.1. The summed E-state index contributed by atoms with van der Waals surface area (Å²) in [6.45, 7) is 2.07. The van der Waals surface area contributed by atoms with Crippen LogP contribution in [-0.2, 0) is 6.54 Å². The van der Waals surface area contributed by atoms with Crippen molar-refractivity contribution in [3.8, 4) is 0 Å². The standard InChI is InChI=1S/C16H25N3/c1-17-10-14-4-3-7-18-16(14)19(2)11-15-9-12-5-6-13(15)8-12/h3-4,7,12-13,15,17H,5-6,8-11H2,1-2H3. The number of pyridine rings is 1. The fraction of sp³-hybridized carbons (Fsp3) is 0.688. The van der Waals surface area contributed by atoms with Crippen LogP contribution in [0, 0.1) is 17.8 Å². The molecule has 19 heavy (non-hydrogen) atoms. The minimum absolute atomic E-state index is 0.893. The summed E-state index contributed by atoms with van der Waals surface area (Å²) in [5.74, 6) is 4.07. The summed E-state index contributed by atoms with van der Waals surface area (Å²) >= 11 is 0. The van der Waals surface area contributed by atoms with E-state index in [0.29, 0.717) is 0 Å². The predicted octanol–water partition coefficient (Wildman–Crippen LogP) is 2.67. The van der Waals surface area contributed by atoms with E-state index in [9.17, 15) is 0 Å². The van der Waals surface area contributed by atoms with Gasteiger partial charge in [-0.2, -0.15) is 0 Å². The molecule has 1 N–H and O–H groups in total. The van der Waals surface area contributed by atoms with Crippen molar-refractivity contribution in [2.24, 2.45) is 17.8 Å². The third kappa shape index (κ3) is 2.62. The van der Waals surface area contributed by atoms with E-state index in [4.69, 9.17) is 0 Å². The number of rotatable bonds is 5. The van der Waals surface area contributed by atoms with Gasteiger partial charge in [-0.3, -0.25) is 0 Å². The minimum Gasteiger partial charge on any atom is -0.359 e. The molecule has 0 aliphatic heterocycles. The Bertz CT molecular complexity index is 432. The van der Waals surface area contributed by atoms with Gasteiger partial charge in [0.05, 0.1) is 0 Å². The van der Waals surface area contributed by atoms with Crippen LogP contribution in [0.2, 0.25) is 0 Å². The van der Waals surface area contributed by atoms with E-state index in [1.807, 2.05) is 19.3 Å². The zero-order valence-corrected chi connectivity index (χ0v) is 12.1. The van der Waals surface area contributed by atoms with Crippen molar-refractivity contribution in [1.82, 2.24) is 10.3 Å². The highest BCUT2D eigenvalue weighted by Gasteiger charge is 2.39. The molecule has 1 aromatic rings. The van der Waals surface area contributed by atoms with E-state index in [0.717, 1.165) is 30.1 Å². The number of aromatic nitrogens is 1. The first-order chi connectivity index (χ1) is 9.28. The Morgan fingerprint density at radius 2 is 2.26 bits per heavy atom. The van der Waals surface area contributed by atoms with Crippen LogP contribution in [-0.4, -0.2) is 25.6 Å². The Labute approximate surface area is 116 Å². The number of nitrogens with zero attached hydrogens (tertiary/aromatic N) is 2. The molecule has 3 unspecified atom stereocenters. The van der Waals surface area contributed by atoms with Gasteiger partial charge in [0, 0.05) is 31.9 Å². The molecule has 3 heteroatoms. The number of nitrogens with one attached hydrogen (secondary N) is 1. The van der Waals surface area contributed by atoms with Crippen LogP contribution in [0.25, 0.3) is 0 Å². The van der Waals surface area contributed by atoms with E-state index in [1.165, 1.54) is 37.8 Å². The molecule has 3 rings (SSSR count). The Hall–Kier alpha value is -1.09. The smallest absolute Gasteiger partial charge is 0.132 e. The van der Waals surface area contributed by atoms with E-state index in [1.54, 1.807) is 0 Å². The monoisotopic (exact) mass is 259 g/mol. The van der Waals surface area contributed by atoms with Gasteiger partial charge in [0.15, 0.2) is 0 Å². The van der Waals surface area contributed by atoms with Crippen LogP contribution in [0.3, 0.4) is 0 Å². The third-order valence-corrected chi connectivity index (χ3v) is 4.99. The number of hydrogen-bond donors (Lipinski definition) is 1. The Kier molecular flexibility index (Phi) is 3.74. The highest BCUT2D eigenvalue weighted by Crippen LogP contribution is 2.48. The van der Waals surface area contributed by atoms with Gasteiger partial charge in [-0.05, 0) is 50.1 Å². The second kappa shape index (κ2) is 5.49. The topological polar surface area (TPSA) is 28.2 Å². The lowest BCUT2D eigenvalue weighted by molar-refractivity contribution is 0.337. The molecule has 0 radical (unpaired) electrons.